The highest BCUT2D eigenvalue weighted by Crippen LogP contribution is 2.42. The van der Waals surface area contributed by atoms with Crippen LogP contribution in [0, 0.1) is 6.92 Å². The Labute approximate surface area is 181 Å². The average Bonchev–Trinajstić information content (AvgIpc) is 3.03. The number of aryl methyl sites for hydroxylation is 1. The van der Waals surface area contributed by atoms with E-state index in [0.717, 1.165) is 28.0 Å². The fraction of sp³-hybridized carbons (Fsp3) is 0.208. The molecule has 0 bridgehead atoms. The Hall–Kier alpha value is -3.87. The molecule has 7 heteroatoms. The lowest BCUT2D eigenvalue weighted by Gasteiger charge is -2.27. The van der Waals surface area contributed by atoms with Crippen molar-refractivity contribution < 1.29 is 14.3 Å². The molecule has 0 saturated carbocycles. The zero-order valence-corrected chi connectivity index (χ0v) is 17.9. The molecule has 2 N–H and O–H groups in total. The van der Waals surface area contributed by atoms with E-state index in [1.54, 1.807) is 27.5 Å². The number of carbonyl (C=O) groups excluding carboxylic acids is 1. The van der Waals surface area contributed by atoms with Gasteiger partial charge in [-0.3, -0.25) is 9.69 Å². The summed E-state index contributed by atoms with van der Waals surface area (Å²) in [6.07, 6.45) is 1.67. The van der Waals surface area contributed by atoms with Crippen molar-refractivity contribution in [3.8, 4) is 22.8 Å². The second kappa shape index (κ2) is 7.75. The Kier molecular flexibility index (Phi) is 5.10. The maximum atomic E-state index is 13.5. The van der Waals surface area contributed by atoms with Gasteiger partial charge >= 0.3 is 0 Å². The molecule has 1 aromatic heterocycles. The maximum absolute atomic E-state index is 13.5. The number of carbonyl (C=O) groups is 1. The average molecular weight is 416 g/mol. The third-order valence-electron chi connectivity index (χ3n) is 5.61. The molecule has 0 unspecified atom stereocenters. The molecule has 1 amide bonds. The third-order valence-corrected chi connectivity index (χ3v) is 5.61. The molecule has 7 nitrogen and oxygen atoms in total. The molecule has 0 spiro atoms. The Morgan fingerprint density at radius 2 is 1.77 bits per heavy atom. The number of amides is 1. The van der Waals surface area contributed by atoms with Gasteiger partial charge in [-0.2, -0.15) is 0 Å². The molecular formula is C24H24N4O3. The van der Waals surface area contributed by atoms with Crippen LogP contribution in [-0.4, -0.2) is 43.0 Å². The van der Waals surface area contributed by atoms with Crippen LogP contribution in [0.3, 0.4) is 0 Å². The molecule has 1 atom stereocenters. The van der Waals surface area contributed by atoms with Crippen LogP contribution < -0.4 is 15.2 Å². The molecule has 31 heavy (non-hydrogen) atoms. The van der Waals surface area contributed by atoms with E-state index >= 15 is 0 Å². The highest BCUT2D eigenvalue weighted by atomic mass is 16.5. The summed E-state index contributed by atoms with van der Waals surface area (Å²) in [5, 5.41) is 0. The first kappa shape index (κ1) is 20.4. The number of hydrogen-bond donors (Lipinski definition) is 1. The van der Waals surface area contributed by atoms with Gasteiger partial charge in [-0.05, 0) is 59.5 Å². The lowest BCUT2D eigenvalue weighted by Crippen LogP contribution is -2.41. The molecule has 0 saturated heterocycles. The first-order valence-electron chi connectivity index (χ1n) is 9.81. The van der Waals surface area contributed by atoms with E-state index in [1.807, 2.05) is 61.5 Å². The molecule has 2 heterocycles. The Morgan fingerprint density at radius 1 is 1.00 bits per heavy atom. The van der Waals surface area contributed by atoms with Gasteiger partial charge in [-0.15, -0.1) is 0 Å². The van der Waals surface area contributed by atoms with Crippen LogP contribution in [0.1, 0.15) is 16.7 Å². The molecule has 0 radical (unpaired) electrons. The van der Waals surface area contributed by atoms with Crippen molar-refractivity contribution in [1.82, 2.24) is 9.88 Å². The smallest absolute Gasteiger partial charge is 0.266 e. The third kappa shape index (κ3) is 3.18. The molecule has 158 valence electrons. The fourth-order valence-corrected chi connectivity index (χ4v) is 3.97. The summed E-state index contributed by atoms with van der Waals surface area (Å²) in [6.45, 7) is 1.93. The number of aromatic nitrogens is 1. The van der Waals surface area contributed by atoms with E-state index in [0.29, 0.717) is 11.4 Å². The number of ether oxygens (including phenoxy) is 2. The van der Waals surface area contributed by atoms with E-state index in [1.165, 1.54) is 4.90 Å². The number of guanidine groups is 1. The molecule has 0 fully saturated rings. The molecule has 3 aromatic rings. The summed E-state index contributed by atoms with van der Waals surface area (Å²) >= 11 is 0. The van der Waals surface area contributed by atoms with Gasteiger partial charge in [0, 0.05) is 18.8 Å². The van der Waals surface area contributed by atoms with Crippen LogP contribution in [0.5, 0.6) is 11.6 Å². The first-order valence-corrected chi connectivity index (χ1v) is 9.81. The van der Waals surface area contributed by atoms with Crippen molar-refractivity contribution >= 4 is 11.9 Å². The summed E-state index contributed by atoms with van der Waals surface area (Å²) in [7, 11) is 4.83. The maximum Gasteiger partial charge on any atom is 0.266 e. The highest BCUT2D eigenvalue weighted by molar-refractivity contribution is 6.09. The largest absolute Gasteiger partial charge is 0.496 e. The van der Waals surface area contributed by atoms with Gasteiger partial charge in [0.1, 0.15) is 5.75 Å². The zero-order valence-electron chi connectivity index (χ0n) is 17.9. The minimum Gasteiger partial charge on any atom is -0.496 e. The molecule has 0 aliphatic carbocycles. The van der Waals surface area contributed by atoms with Crippen LogP contribution in [0.4, 0.5) is 0 Å². The summed E-state index contributed by atoms with van der Waals surface area (Å²) in [6, 6.07) is 17.1. The molecule has 2 aromatic carbocycles. The van der Waals surface area contributed by atoms with Crippen molar-refractivity contribution in [3.63, 3.8) is 0 Å². The van der Waals surface area contributed by atoms with Crippen molar-refractivity contribution in [3.05, 3.63) is 77.5 Å². The Bertz CT molecular complexity index is 1190. The van der Waals surface area contributed by atoms with Gasteiger partial charge in [-0.25, -0.2) is 9.98 Å². The molecular weight excluding hydrogens is 392 g/mol. The van der Waals surface area contributed by atoms with E-state index < -0.39 is 5.54 Å². The van der Waals surface area contributed by atoms with Crippen molar-refractivity contribution in [2.24, 2.45) is 10.7 Å². The van der Waals surface area contributed by atoms with Crippen molar-refractivity contribution in [1.29, 1.82) is 0 Å². The van der Waals surface area contributed by atoms with Crippen molar-refractivity contribution in [2.75, 3.05) is 21.3 Å². The predicted molar refractivity (Wildman–Crippen MR) is 119 cm³/mol. The Balaban J connectivity index is 1.95. The normalized spacial score (nSPS) is 18.1. The predicted octanol–water partition coefficient (Wildman–Crippen LogP) is 3.10. The fourth-order valence-electron chi connectivity index (χ4n) is 3.97. The number of benzene rings is 2. The van der Waals surface area contributed by atoms with E-state index in [9.17, 15) is 4.79 Å². The topological polar surface area (TPSA) is 90.0 Å². The highest BCUT2D eigenvalue weighted by Gasteiger charge is 2.49. The quantitative estimate of drug-likeness (QED) is 0.690. The minimum atomic E-state index is -1.29. The monoisotopic (exact) mass is 416 g/mol. The number of nitrogens with zero attached hydrogens (tertiary/aromatic N) is 3. The molecule has 1 aliphatic heterocycles. The van der Waals surface area contributed by atoms with Gasteiger partial charge < -0.3 is 15.2 Å². The van der Waals surface area contributed by atoms with Crippen LogP contribution in [-0.2, 0) is 10.3 Å². The Morgan fingerprint density at radius 3 is 2.42 bits per heavy atom. The van der Waals surface area contributed by atoms with Gasteiger partial charge in [0.15, 0.2) is 11.5 Å². The first-order chi connectivity index (χ1) is 14.9. The molecule has 4 rings (SSSR count). The lowest BCUT2D eigenvalue weighted by molar-refractivity contribution is -0.129. The van der Waals surface area contributed by atoms with Crippen LogP contribution in [0.2, 0.25) is 0 Å². The van der Waals surface area contributed by atoms with Gasteiger partial charge in [0.05, 0.1) is 14.2 Å². The summed E-state index contributed by atoms with van der Waals surface area (Å²) in [4.78, 5) is 23.9. The summed E-state index contributed by atoms with van der Waals surface area (Å²) < 4.78 is 10.8. The molecule has 1 aliphatic rings. The van der Waals surface area contributed by atoms with E-state index in [2.05, 4.69) is 9.98 Å². The number of hydrogen-bond acceptors (Lipinski definition) is 6. The second-order valence-corrected chi connectivity index (χ2v) is 7.37. The van der Waals surface area contributed by atoms with E-state index in [-0.39, 0.29) is 11.9 Å². The number of aliphatic imine (C=N–C) groups is 1. The van der Waals surface area contributed by atoms with Gasteiger partial charge in [0.25, 0.3) is 5.91 Å². The van der Waals surface area contributed by atoms with Gasteiger partial charge in [-0.1, -0.05) is 24.3 Å². The number of likely N-dealkylation sites (N-methyl/N-ethyl adjacent to an activating group) is 1. The lowest BCUT2D eigenvalue weighted by atomic mass is 9.81. The van der Waals surface area contributed by atoms with Crippen molar-refractivity contribution in [2.45, 2.75) is 12.5 Å². The number of methoxy groups -OCH3 is 2. The minimum absolute atomic E-state index is 0.169. The summed E-state index contributed by atoms with van der Waals surface area (Å²) in [5.41, 5.74) is 8.84. The standard InChI is InChI=1S/C24H24N4O3/c1-15-13-18(10-11-20(15)30-3)24(22(29)28(2)23(25)27-24)17-8-5-7-16(14-17)19-9-6-12-26-21(19)31-4/h5-14H,1-4H3,(H2,25,27)/t24-/m0/s1. The van der Waals surface area contributed by atoms with E-state index in [4.69, 9.17) is 15.2 Å². The zero-order chi connectivity index (χ0) is 22.2. The van der Waals surface area contributed by atoms with Gasteiger partial charge in [0.2, 0.25) is 5.88 Å². The van der Waals surface area contributed by atoms with Crippen LogP contribution >= 0.6 is 0 Å². The number of rotatable bonds is 5. The number of pyridine rings is 1. The number of nitrogens with two attached hydrogens (primary N) is 1. The van der Waals surface area contributed by atoms with Crippen LogP contribution in [0.25, 0.3) is 11.1 Å². The second-order valence-electron chi connectivity index (χ2n) is 7.37. The van der Waals surface area contributed by atoms with Crippen LogP contribution in [0.15, 0.2) is 65.8 Å². The SMILES string of the molecule is COc1ccc([C@]2(c3cccc(-c4cccnc4OC)c3)N=C(N)N(C)C2=O)cc1C. The summed E-state index contributed by atoms with van der Waals surface area (Å²) in [5.74, 6) is 1.20.